The van der Waals surface area contributed by atoms with E-state index in [9.17, 15) is 0 Å². The van der Waals surface area contributed by atoms with Crippen molar-refractivity contribution in [2.45, 2.75) is 6.92 Å². The molecule has 0 fully saturated rings. The lowest BCUT2D eigenvalue weighted by atomic mass is 10.5. The molecule has 0 saturated carbocycles. The number of hydrazine groups is 1. The summed E-state index contributed by atoms with van der Waals surface area (Å²) in [5.41, 5.74) is 3.48. The molecule has 3 N–H and O–H groups in total. The first-order chi connectivity index (χ1) is 4.72. The summed E-state index contributed by atoms with van der Waals surface area (Å²) in [4.78, 5) is 1.93. The van der Waals surface area contributed by atoms with Crippen LogP contribution in [-0.4, -0.2) is 25.8 Å². The van der Waals surface area contributed by atoms with Gasteiger partial charge in [0.15, 0.2) is 0 Å². The number of methoxy groups -OCH3 is 1. The van der Waals surface area contributed by atoms with Gasteiger partial charge in [-0.15, -0.1) is 0 Å². The first-order valence-electron chi connectivity index (χ1n) is 3.05. The Morgan fingerprint density at radius 1 is 1.80 bits per heavy atom. The monoisotopic (exact) mass is 145 g/mol. The Hall–Kier alpha value is -0.740. The van der Waals surface area contributed by atoms with Crippen LogP contribution in [0, 0.1) is 0 Å². The number of hydrogen-bond donors (Lipinski definition) is 2. The molecule has 0 aromatic heterocycles. The molecule has 10 heavy (non-hydrogen) atoms. The maximum Gasteiger partial charge on any atom is 0.118 e. The molecule has 0 saturated heterocycles. The van der Waals surface area contributed by atoms with Crippen molar-refractivity contribution in [1.82, 2.24) is 10.3 Å². The molecule has 4 nitrogen and oxygen atoms in total. The molecule has 0 aromatic carbocycles. The van der Waals surface area contributed by atoms with Crippen molar-refractivity contribution in [3.63, 3.8) is 0 Å². The molecule has 0 heterocycles. The lowest BCUT2D eigenvalue weighted by Crippen LogP contribution is -2.22. The highest BCUT2D eigenvalue weighted by atomic mass is 16.5. The van der Waals surface area contributed by atoms with Crippen LogP contribution in [0.15, 0.2) is 11.9 Å². The van der Waals surface area contributed by atoms with E-state index in [1.54, 1.807) is 13.3 Å². The highest BCUT2D eigenvalue weighted by Crippen LogP contribution is 1.95. The van der Waals surface area contributed by atoms with Crippen molar-refractivity contribution in [2.24, 2.45) is 5.84 Å². The Morgan fingerprint density at radius 3 is 2.80 bits per heavy atom. The number of hydrogen-bond acceptors (Lipinski definition) is 4. The zero-order valence-corrected chi connectivity index (χ0v) is 6.72. The lowest BCUT2D eigenvalue weighted by molar-refractivity contribution is 0.104. The number of allylic oxidation sites excluding steroid dienone is 1. The van der Waals surface area contributed by atoms with Gasteiger partial charge in [-0.3, -0.25) is 5.84 Å². The van der Waals surface area contributed by atoms with Gasteiger partial charge in [-0.05, 0) is 6.92 Å². The van der Waals surface area contributed by atoms with Gasteiger partial charge in [0.1, 0.15) is 6.73 Å². The number of nitrogens with two attached hydrogens (primary N) is 1. The number of nitrogens with zero attached hydrogens (tertiary/aromatic N) is 1. The van der Waals surface area contributed by atoms with Crippen LogP contribution in [0.5, 0.6) is 0 Å². The highest BCUT2D eigenvalue weighted by Gasteiger charge is 1.94. The Balaban J connectivity index is 3.69. The first-order valence-corrected chi connectivity index (χ1v) is 3.05. The van der Waals surface area contributed by atoms with Crippen LogP contribution in [0.3, 0.4) is 0 Å². The predicted octanol–water partition coefficient (Wildman–Crippen LogP) is -0.153. The van der Waals surface area contributed by atoms with Gasteiger partial charge in [0.25, 0.3) is 0 Å². The molecular formula is C6H15N3O. The molecular weight excluding hydrogens is 130 g/mol. The molecule has 0 radical (unpaired) electrons. The van der Waals surface area contributed by atoms with Gasteiger partial charge in [-0.2, -0.15) is 0 Å². The fourth-order valence-corrected chi connectivity index (χ4v) is 0.526. The normalized spacial score (nSPS) is 11.4. The van der Waals surface area contributed by atoms with Crippen molar-refractivity contribution in [3.8, 4) is 0 Å². The quantitative estimate of drug-likeness (QED) is 0.328. The maximum absolute atomic E-state index is 5.07. The van der Waals surface area contributed by atoms with Gasteiger partial charge >= 0.3 is 0 Å². The Kier molecular flexibility index (Phi) is 4.70. The summed E-state index contributed by atoms with van der Waals surface area (Å²) in [6.07, 6.45) is 1.71. The van der Waals surface area contributed by atoms with Crippen LogP contribution in [0.1, 0.15) is 6.92 Å². The van der Waals surface area contributed by atoms with Crippen LogP contribution in [-0.2, 0) is 4.74 Å². The van der Waals surface area contributed by atoms with Crippen molar-refractivity contribution in [2.75, 3.05) is 20.9 Å². The van der Waals surface area contributed by atoms with E-state index in [4.69, 9.17) is 10.6 Å². The topological polar surface area (TPSA) is 50.5 Å². The SMILES string of the molecule is COCN(C)/C(C)=C\NN. The Labute approximate surface area is 61.6 Å². The molecule has 0 aromatic rings. The second-order valence-corrected chi connectivity index (χ2v) is 2.07. The maximum atomic E-state index is 5.07. The molecule has 0 aliphatic heterocycles. The predicted molar refractivity (Wildman–Crippen MR) is 40.7 cm³/mol. The van der Waals surface area contributed by atoms with Crippen molar-refractivity contribution >= 4 is 0 Å². The van der Waals surface area contributed by atoms with E-state index < -0.39 is 0 Å². The van der Waals surface area contributed by atoms with E-state index in [1.807, 2.05) is 18.9 Å². The summed E-state index contributed by atoms with van der Waals surface area (Å²) >= 11 is 0. The molecule has 0 unspecified atom stereocenters. The minimum atomic E-state index is 0.573. The fraction of sp³-hybridized carbons (Fsp3) is 0.667. The number of nitrogens with one attached hydrogen (secondary N) is 1. The molecule has 0 spiro atoms. The van der Waals surface area contributed by atoms with Crippen LogP contribution >= 0.6 is 0 Å². The molecule has 0 aliphatic rings. The molecule has 0 bridgehead atoms. The van der Waals surface area contributed by atoms with E-state index in [1.165, 1.54) is 0 Å². The molecule has 0 rings (SSSR count). The second kappa shape index (κ2) is 5.08. The van der Waals surface area contributed by atoms with E-state index in [0.717, 1.165) is 5.70 Å². The van der Waals surface area contributed by atoms with Crippen LogP contribution in [0.25, 0.3) is 0 Å². The summed E-state index contributed by atoms with van der Waals surface area (Å²) in [5, 5.41) is 0. The third-order valence-electron chi connectivity index (χ3n) is 1.22. The average molecular weight is 145 g/mol. The van der Waals surface area contributed by atoms with Gasteiger partial charge < -0.3 is 15.1 Å². The minimum Gasteiger partial charge on any atom is -0.364 e. The third kappa shape index (κ3) is 3.32. The van der Waals surface area contributed by atoms with Gasteiger partial charge in [0.2, 0.25) is 0 Å². The largest absolute Gasteiger partial charge is 0.364 e. The minimum absolute atomic E-state index is 0.573. The molecule has 4 heteroatoms. The van der Waals surface area contributed by atoms with Crippen LogP contribution in [0.2, 0.25) is 0 Å². The second-order valence-electron chi connectivity index (χ2n) is 2.07. The van der Waals surface area contributed by atoms with E-state index >= 15 is 0 Å². The number of rotatable bonds is 4. The summed E-state index contributed by atoms with van der Waals surface area (Å²) in [5.74, 6) is 5.07. The fourth-order valence-electron chi connectivity index (χ4n) is 0.526. The molecule has 0 aliphatic carbocycles. The van der Waals surface area contributed by atoms with Gasteiger partial charge in [0, 0.05) is 26.1 Å². The zero-order chi connectivity index (χ0) is 7.98. The zero-order valence-electron chi connectivity index (χ0n) is 6.72. The Morgan fingerprint density at radius 2 is 2.40 bits per heavy atom. The average Bonchev–Trinajstić information content (AvgIpc) is 1.89. The van der Waals surface area contributed by atoms with Gasteiger partial charge in [-0.25, -0.2) is 0 Å². The van der Waals surface area contributed by atoms with E-state index in [-0.39, 0.29) is 0 Å². The van der Waals surface area contributed by atoms with Crippen molar-refractivity contribution in [3.05, 3.63) is 11.9 Å². The van der Waals surface area contributed by atoms with Gasteiger partial charge in [0.05, 0.1) is 0 Å². The molecule has 60 valence electrons. The highest BCUT2D eigenvalue weighted by molar-refractivity contribution is 4.92. The van der Waals surface area contributed by atoms with Crippen LogP contribution in [0.4, 0.5) is 0 Å². The Bertz CT molecular complexity index is 114. The molecule has 0 amide bonds. The smallest absolute Gasteiger partial charge is 0.118 e. The van der Waals surface area contributed by atoms with Crippen LogP contribution < -0.4 is 11.3 Å². The standard InChI is InChI=1S/C6H15N3O/c1-6(4-8-7)9(2)5-10-3/h4,8H,5,7H2,1-3H3/b6-4-. The van der Waals surface area contributed by atoms with Gasteiger partial charge in [-0.1, -0.05) is 0 Å². The third-order valence-corrected chi connectivity index (χ3v) is 1.22. The van der Waals surface area contributed by atoms with Crippen molar-refractivity contribution in [1.29, 1.82) is 0 Å². The summed E-state index contributed by atoms with van der Waals surface area (Å²) < 4.78 is 4.89. The van der Waals surface area contributed by atoms with Crippen molar-refractivity contribution < 1.29 is 4.74 Å². The summed E-state index contributed by atoms with van der Waals surface area (Å²) in [6, 6.07) is 0. The first kappa shape index (κ1) is 9.26. The summed E-state index contributed by atoms with van der Waals surface area (Å²) in [6.45, 7) is 2.52. The lowest BCUT2D eigenvalue weighted by Gasteiger charge is -2.17. The van der Waals surface area contributed by atoms with E-state index in [0.29, 0.717) is 6.73 Å². The number of ether oxygens (including phenoxy) is 1. The summed E-state index contributed by atoms with van der Waals surface area (Å²) in [7, 11) is 3.58. The van der Waals surface area contributed by atoms with E-state index in [2.05, 4.69) is 5.43 Å². The molecule has 0 atom stereocenters.